The zero-order valence-corrected chi connectivity index (χ0v) is 10.6. The lowest BCUT2D eigenvalue weighted by molar-refractivity contribution is -0.387. The second-order valence-electron chi connectivity index (χ2n) is 4.72. The SMILES string of the molecule is O=C(O)CC1CN(C(=O)c2cc(F)cc([N+](=O)[O-])c2F)C1. The highest BCUT2D eigenvalue weighted by Gasteiger charge is 2.35. The van der Waals surface area contributed by atoms with Gasteiger partial charge in [0.1, 0.15) is 5.82 Å². The van der Waals surface area contributed by atoms with Crippen LogP contribution in [0.5, 0.6) is 0 Å². The highest BCUT2D eigenvalue weighted by atomic mass is 19.1. The summed E-state index contributed by atoms with van der Waals surface area (Å²) in [5.41, 5.74) is -1.84. The largest absolute Gasteiger partial charge is 0.481 e. The number of amides is 1. The van der Waals surface area contributed by atoms with E-state index >= 15 is 0 Å². The van der Waals surface area contributed by atoms with Crippen molar-refractivity contribution < 1.29 is 28.4 Å². The highest BCUT2D eigenvalue weighted by Crippen LogP contribution is 2.27. The van der Waals surface area contributed by atoms with Gasteiger partial charge in [-0.25, -0.2) is 4.39 Å². The van der Waals surface area contributed by atoms with E-state index < -0.39 is 39.7 Å². The van der Waals surface area contributed by atoms with E-state index in [1.54, 1.807) is 0 Å². The third-order valence-electron chi connectivity index (χ3n) is 3.15. The standard InChI is InChI=1S/C12H10F2N2O5/c13-7-2-8(11(14)9(3-7)16(20)21)12(19)15-4-6(5-15)1-10(17)18/h2-3,6H,1,4-5H2,(H,17,18). The van der Waals surface area contributed by atoms with Crippen molar-refractivity contribution in [3.63, 3.8) is 0 Å². The number of halogens is 2. The molecule has 0 bridgehead atoms. The van der Waals surface area contributed by atoms with E-state index in [0.717, 1.165) is 4.90 Å². The highest BCUT2D eigenvalue weighted by molar-refractivity contribution is 5.95. The molecular formula is C12H10F2N2O5. The van der Waals surface area contributed by atoms with E-state index in [4.69, 9.17) is 5.11 Å². The molecule has 1 amide bonds. The summed E-state index contributed by atoms with van der Waals surface area (Å²) in [6.45, 7) is 0.184. The first-order chi connectivity index (χ1) is 9.79. The van der Waals surface area contributed by atoms with Gasteiger partial charge < -0.3 is 10.0 Å². The maximum absolute atomic E-state index is 13.8. The van der Waals surface area contributed by atoms with Crippen LogP contribution in [0.25, 0.3) is 0 Å². The summed E-state index contributed by atoms with van der Waals surface area (Å²) in [4.78, 5) is 33.0. The van der Waals surface area contributed by atoms with Crippen molar-refractivity contribution in [2.45, 2.75) is 6.42 Å². The molecule has 0 saturated carbocycles. The van der Waals surface area contributed by atoms with E-state index in [1.165, 1.54) is 0 Å². The van der Waals surface area contributed by atoms with Crippen LogP contribution in [0.4, 0.5) is 14.5 Å². The lowest BCUT2D eigenvalue weighted by Crippen LogP contribution is -2.50. The van der Waals surface area contributed by atoms with Crippen molar-refractivity contribution in [2.24, 2.45) is 5.92 Å². The Kier molecular flexibility index (Phi) is 3.83. The van der Waals surface area contributed by atoms with E-state index in [2.05, 4.69) is 0 Å². The van der Waals surface area contributed by atoms with Crippen LogP contribution in [0, 0.1) is 27.7 Å². The lowest BCUT2D eigenvalue weighted by Gasteiger charge is -2.38. The van der Waals surface area contributed by atoms with Crippen LogP contribution >= 0.6 is 0 Å². The molecular weight excluding hydrogens is 290 g/mol. The van der Waals surface area contributed by atoms with Crippen molar-refractivity contribution >= 4 is 17.6 Å². The van der Waals surface area contributed by atoms with E-state index in [-0.39, 0.29) is 25.4 Å². The van der Waals surface area contributed by atoms with Gasteiger partial charge in [-0.1, -0.05) is 0 Å². The van der Waals surface area contributed by atoms with Crippen molar-refractivity contribution in [1.82, 2.24) is 4.90 Å². The number of carbonyl (C=O) groups is 2. The number of aliphatic carboxylic acids is 1. The number of likely N-dealkylation sites (tertiary alicyclic amines) is 1. The second kappa shape index (κ2) is 5.43. The minimum absolute atomic E-state index is 0.0921. The number of carboxylic acids is 1. The molecule has 1 saturated heterocycles. The summed E-state index contributed by atoms with van der Waals surface area (Å²) in [5, 5.41) is 19.2. The number of hydrogen-bond acceptors (Lipinski definition) is 4. The van der Waals surface area contributed by atoms with E-state index in [0.29, 0.717) is 12.1 Å². The first-order valence-corrected chi connectivity index (χ1v) is 5.94. The topological polar surface area (TPSA) is 101 Å². The number of nitrogens with zero attached hydrogens (tertiary/aromatic N) is 2. The minimum Gasteiger partial charge on any atom is -0.481 e. The van der Waals surface area contributed by atoms with Gasteiger partial charge in [-0.3, -0.25) is 19.7 Å². The average Bonchev–Trinajstić information content (AvgIpc) is 2.34. The Hall–Kier alpha value is -2.58. The first-order valence-electron chi connectivity index (χ1n) is 5.94. The molecule has 1 aliphatic heterocycles. The van der Waals surface area contributed by atoms with Gasteiger partial charge in [0.2, 0.25) is 5.82 Å². The Morgan fingerprint density at radius 1 is 1.38 bits per heavy atom. The van der Waals surface area contributed by atoms with Crippen LogP contribution in [0.2, 0.25) is 0 Å². The Balaban J connectivity index is 2.18. The zero-order valence-electron chi connectivity index (χ0n) is 10.6. The van der Waals surface area contributed by atoms with Crippen molar-refractivity contribution in [1.29, 1.82) is 0 Å². The van der Waals surface area contributed by atoms with Gasteiger partial charge in [-0.05, 0) is 6.07 Å². The van der Waals surface area contributed by atoms with E-state index in [1.807, 2.05) is 0 Å². The minimum atomic E-state index is -1.40. The van der Waals surface area contributed by atoms with Crippen LogP contribution in [0.15, 0.2) is 12.1 Å². The zero-order chi connectivity index (χ0) is 15.7. The van der Waals surface area contributed by atoms with Crippen LogP contribution in [-0.4, -0.2) is 39.9 Å². The Labute approximate surface area is 116 Å². The van der Waals surface area contributed by atoms with Crippen molar-refractivity contribution in [3.8, 4) is 0 Å². The normalized spacial score (nSPS) is 14.7. The van der Waals surface area contributed by atoms with Gasteiger partial charge in [0, 0.05) is 19.0 Å². The molecule has 0 atom stereocenters. The van der Waals surface area contributed by atoms with Crippen LogP contribution in [-0.2, 0) is 4.79 Å². The maximum atomic E-state index is 13.8. The van der Waals surface area contributed by atoms with E-state index in [9.17, 15) is 28.5 Å². The van der Waals surface area contributed by atoms with Gasteiger partial charge in [0.15, 0.2) is 0 Å². The van der Waals surface area contributed by atoms with Gasteiger partial charge in [-0.15, -0.1) is 0 Å². The molecule has 0 spiro atoms. The fourth-order valence-corrected chi connectivity index (χ4v) is 2.15. The fraction of sp³-hybridized carbons (Fsp3) is 0.333. The molecule has 0 radical (unpaired) electrons. The number of nitro groups is 1. The summed E-state index contributed by atoms with van der Waals surface area (Å²) < 4.78 is 27.1. The van der Waals surface area contributed by atoms with Gasteiger partial charge >= 0.3 is 11.7 Å². The molecule has 21 heavy (non-hydrogen) atoms. The molecule has 1 heterocycles. The van der Waals surface area contributed by atoms with Crippen molar-refractivity contribution in [2.75, 3.05) is 13.1 Å². The molecule has 0 unspecified atom stereocenters. The molecule has 1 aliphatic rings. The van der Waals surface area contributed by atoms with Crippen molar-refractivity contribution in [3.05, 3.63) is 39.4 Å². The predicted octanol–water partition coefficient (Wildman–Crippen LogP) is 1.42. The fourth-order valence-electron chi connectivity index (χ4n) is 2.15. The summed E-state index contributed by atoms with van der Waals surface area (Å²) in [5.74, 6) is -4.64. The Morgan fingerprint density at radius 2 is 2.00 bits per heavy atom. The smallest absolute Gasteiger partial charge is 0.308 e. The Bertz CT molecular complexity index is 628. The number of rotatable bonds is 4. The third-order valence-corrected chi connectivity index (χ3v) is 3.15. The van der Waals surface area contributed by atoms with Crippen LogP contribution in [0.3, 0.4) is 0 Å². The Morgan fingerprint density at radius 3 is 2.52 bits per heavy atom. The molecule has 0 aliphatic carbocycles. The van der Waals surface area contributed by atoms with Gasteiger partial charge in [-0.2, -0.15) is 4.39 Å². The lowest BCUT2D eigenvalue weighted by atomic mass is 9.95. The molecule has 1 N–H and O–H groups in total. The van der Waals surface area contributed by atoms with Crippen LogP contribution in [0.1, 0.15) is 16.8 Å². The van der Waals surface area contributed by atoms with Gasteiger partial charge in [0.05, 0.1) is 23.0 Å². The third kappa shape index (κ3) is 2.96. The number of hydrogen-bond donors (Lipinski definition) is 1. The summed E-state index contributed by atoms with van der Waals surface area (Å²) in [6, 6.07) is 0.991. The van der Waals surface area contributed by atoms with Crippen LogP contribution < -0.4 is 0 Å². The molecule has 7 nitrogen and oxygen atoms in total. The number of nitro benzene ring substituents is 1. The molecule has 1 fully saturated rings. The maximum Gasteiger partial charge on any atom is 0.308 e. The number of benzene rings is 1. The first kappa shape index (κ1) is 14.8. The predicted molar refractivity (Wildman–Crippen MR) is 64.7 cm³/mol. The molecule has 1 aromatic rings. The summed E-state index contributed by atoms with van der Waals surface area (Å²) in [6.07, 6.45) is -0.129. The summed E-state index contributed by atoms with van der Waals surface area (Å²) in [7, 11) is 0. The monoisotopic (exact) mass is 300 g/mol. The average molecular weight is 300 g/mol. The number of carboxylic acid groups (broad SMARTS) is 1. The molecule has 9 heteroatoms. The summed E-state index contributed by atoms with van der Waals surface area (Å²) >= 11 is 0. The number of carbonyl (C=O) groups excluding carboxylic acids is 1. The molecule has 2 rings (SSSR count). The second-order valence-corrected chi connectivity index (χ2v) is 4.72. The molecule has 0 aromatic heterocycles. The van der Waals surface area contributed by atoms with Gasteiger partial charge in [0.25, 0.3) is 5.91 Å². The molecule has 112 valence electrons. The quantitative estimate of drug-likeness (QED) is 0.669. The molecule has 1 aromatic carbocycles.